The molecule has 5 nitrogen and oxygen atoms in total. The van der Waals surface area contributed by atoms with Gasteiger partial charge in [-0.05, 0) is 44.4 Å². The quantitative estimate of drug-likeness (QED) is 0.449. The molecule has 2 atom stereocenters. The van der Waals surface area contributed by atoms with Gasteiger partial charge in [0.25, 0.3) is 0 Å². The second kappa shape index (κ2) is 10.4. The smallest absolute Gasteiger partial charge is 0.190 e. The number of halogens is 1. The Morgan fingerprint density at radius 3 is 2.64 bits per heavy atom. The second-order valence-corrected chi connectivity index (χ2v) is 6.68. The molecule has 25 heavy (non-hydrogen) atoms. The molecule has 1 aromatic carbocycles. The van der Waals surface area contributed by atoms with Crippen molar-refractivity contribution in [1.29, 1.82) is 0 Å². The summed E-state index contributed by atoms with van der Waals surface area (Å²) in [5, 5.41) is 6.61. The topological polar surface area (TPSA) is 48.9 Å². The molecular formula is C19H31FN4O. The van der Waals surface area contributed by atoms with E-state index in [4.69, 9.17) is 4.74 Å². The van der Waals surface area contributed by atoms with Gasteiger partial charge < -0.3 is 15.4 Å². The van der Waals surface area contributed by atoms with E-state index < -0.39 is 0 Å². The van der Waals surface area contributed by atoms with Gasteiger partial charge in [-0.1, -0.05) is 12.1 Å². The summed E-state index contributed by atoms with van der Waals surface area (Å²) in [6.45, 7) is 8.93. The van der Waals surface area contributed by atoms with Crippen molar-refractivity contribution in [2.45, 2.75) is 38.9 Å². The van der Waals surface area contributed by atoms with Crippen LogP contribution in [0.25, 0.3) is 0 Å². The van der Waals surface area contributed by atoms with Gasteiger partial charge in [-0.15, -0.1) is 0 Å². The summed E-state index contributed by atoms with van der Waals surface area (Å²) in [6, 6.07) is 6.71. The molecule has 0 radical (unpaired) electrons. The summed E-state index contributed by atoms with van der Waals surface area (Å²) in [4.78, 5) is 6.69. The maximum Gasteiger partial charge on any atom is 0.190 e. The van der Waals surface area contributed by atoms with Gasteiger partial charge in [0.2, 0.25) is 0 Å². The number of morpholine rings is 1. The van der Waals surface area contributed by atoms with Crippen LogP contribution in [-0.2, 0) is 11.2 Å². The predicted molar refractivity (Wildman–Crippen MR) is 101 cm³/mol. The first kappa shape index (κ1) is 19.7. The standard InChI is InChI=1S/C19H31FN4O/c1-15-13-24(14-16(2)25-15)11-5-9-22-19(21-3)23-10-8-17-6-4-7-18(20)12-17/h4,6-7,12,15-16H,5,8-11,13-14H2,1-3H3,(H2,21,22,23). The monoisotopic (exact) mass is 350 g/mol. The third-order valence-electron chi connectivity index (χ3n) is 4.26. The van der Waals surface area contributed by atoms with Crippen LogP contribution >= 0.6 is 0 Å². The first-order valence-electron chi connectivity index (χ1n) is 9.13. The Morgan fingerprint density at radius 2 is 1.96 bits per heavy atom. The van der Waals surface area contributed by atoms with Crippen molar-refractivity contribution >= 4 is 5.96 Å². The molecule has 0 amide bonds. The van der Waals surface area contributed by atoms with Gasteiger partial charge in [-0.2, -0.15) is 0 Å². The first-order chi connectivity index (χ1) is 12.1. The molecule has 2 N–H and O–H groups in total. The number of ether oxygens (including phenoxy) is 1. The highest BCUT2D eigenvalue weighted by molar-refractivity contribution is 5.79. The first-order valence-corrected chi connectivity index (χ1v) is 9.13. The van der Waals surface area contributed by atoms with Crippen LogP contribution in [0, 0.1) is 5.82 Å². The van der Waals surface area contributed by atoms with E-state index in [1.165, 1.54) is 6.07 Å². The van der Waals surface area contributed by atoms with Gasteiger partial charge in [-0.25, -0.2) is 4.39 Å². The zero-order valence-electron chi connectivity index (χ0n) is 15.6. The van der Waals surface area contributed by atoms with E-state index in [0.717, 1.165) is 57.1 Å². The van der Waals surface area contributed by atoms with Crippen molar-refractivity contribution in [2.24, 2.45) is 4.99 Å². The summed E-state index contributed by atoms with van der Waals surface area (Å²) in [5.41, 5.74) is 0.985. The molecule has 1 aliphatic heterocycles. The molecular weight excluding hydrogens is 319 g/mol. The number of nitrogens with one attached hydrogen (secondary N) is 2. The Kier molecular flexibility index (Phi) is 8.15. The summed E-state index contributed by atoms with van der Waals surface area (Å²) in [5.74, 6) is 0.604. The van der Waals surface area contributed by atoms with Gasteiger partial charge in [-0.3, -0.25) is 9.89 Å². The molecule has 0 aliphatic carbocycles. The summed E-state index contributed by atoms with van der Waals surface area (Å²) >= 11 is 0. The number of hydrogen-bond donors (Lipinski definition) is 2. The second-order valence-electron chi connectivity index (χ2n) is 6.68. The largest absolute Gasteiger partial charge is 0.373 e. The molecule has 6 heteroatoms. The average Bonchev–Trinajstić information content (AvgIpc) is 2.56. The zero-order valence-corrected chi connectivity index (χ0v) is 15.6. The number of aliphatic imine (C=N–C) groups is 1. The molecule has 0 aromatic heterocycles. The van der Waals surface area contributed by atoms with Crippen LogP contribution in [0.2, 0.25) is 0 Å². The van der Waals surface area contributed by atoms with E-state index >= 15 is 0 Å². The molecule has 1 saturated heterocycles. The van der Waals surface area contributed by atoms with Crippen LogP contribution in [0.5, 0.6) is 0 Å². The minimum absolute atomic E-state index is 0.188. The van der Waals surface area contributed by atoms with Crippen molar-refractivity contribution in [3.05, 3.63) is 35.6 Å². The van der Waals surface area contributed by atoms with Gasteiger partial charge in [0, 0.05) is 39.8 Å². The lowest BCUT2D eigenvalue weighted by Crippen LogP contribution is -2.46. The normalized spacial score (nSPS) is 22.0. The Balaban J connectivity index is 1.60. The fraction of sp³-hybridized carbons (Fsp3) is 0.632. The number of hydrogen-bond acceptors (Lipinski definition) is 3. The van der Waals surface area contributed by atoms with Gasteiger partial charge in [0.15, 0.2) is 5.96 Å². The van der Waals surface area contributed by atoms with Gasteiger partial charge in [0.05, 0.1) is 12.2 Å². The SMILES string of the molecule is CN=C(NCCCN1CC(C)OC(C)C1)NCCc1cccc(F)c1. The fourth-order valence-electron chi connectivity index (χ4n) is 3.21. The zero-order chi connectivity index (χ0) is 18.1. The molecule has 140 valence electrons. The maximum atomic E-state index is 13.2. The van der Waals surface area contributed by atoms with Crippen LogP contribution in [0.15, 0.2) is 29.3 Å². The van der Waals surface area contributed by atoms with Crippen LogP contribution in [0.3, 0.4) is 0 Å². The lowest BCUT2D eigenvalue weighted by Gasteiger charge is -2.35. The Bertz CT molecular complexity index is 542. The summed E-state index contributed by atoms with van der Waals surface area (Å²) < 4.78 is 18.9. The molecule has 2 rings (SSSR count). The summed E-state index contributed by atoms with van der Waals surface area (Å²) in [7, 11) is 1.77. The highest BCUT2D eigenvalue weighted by Gasteiger charge is 2.21. The van der Waals surface area contributed by atoms with Crippen molar-refractivity contribution < 1.29 is 9.13 Å². The molecule has 1 aromatic rings. The van der Waals surface area contributed by atoms with Crippen molar-refractivity contribution in [3.8, 4) is 0 Å². The van der Waals surface area contributed by atoms with Crippen LogP contribution in [0.1, 0.15) is 25.8 Å². The molecule has 1 heterocycles. The molecule has 1 fully saturated rings. The lowest BCUT2D eigenvalue weighted by molar-refractivity contribution is -0.0679. The van der Waals surface area contributed by atoms with E-state index in [-0.39, 0.29) is 5.82 Å². The van der Waals surface area contributed by atoms with E-state index in [1.54, 1.807) is 19.2 Å². The number of nitrogens with zero attached hydrogens (tertiary/aromatic N) is 2. The molecule has 0 bridgehead atoms. The van der Waals surface area contributed by atoms with Crippen molar-refractivity contribution in [1.82, 2.24) is 15.5 Å². The predicted octanol–water partition coefficient (Wildman–Crippen LogP) is 2.03. The molecule has 1 aliphatic rings. The highest BCUT2D eigenvalue weighted by Crippen LogP contribution is 2.10. The van der Waals surface area contributed by atoms with E-state index in [2.05, 4.69) is 34.4 Å². The van der Waals surface area contributed by atoms with Gasteiger partial charge >= 0.3 is 0 Å². The fourth-order valence-corrected chi connectivity index (χ4v) is 3.21. The molecule has 0 saturated carbocycles. The minimum Gasteiger partial charge on any atom is -0.373 e. The molecule has 0 spiro atoms. The third-order valence-corrected chi connectivity index (χ3v) is 4.26. The van der Waals surface area contributed by atoms with Crippen molar-refractivity contribution in [2.75, 3.05) is 39.8 Å². The minimum atomic E-state index is -0.188. The van der Waals surface area contributed by atoms with E-state index in [0.29, 0.717) is 12.2 Å². The van der Waals surface area contributed by atoms with E-state index in [1.807, 2.05) is 6.07 Å². The lowest BCUT2D eigenvalue weighted by atomic mass is 10.1. The van der Waals surface area contributed by atoms with Crippen LogP contribution in [0.4, 0.5) is 4.39 Å². The Hall–Kier alpha value is -1.66. The maximum absolute atomic E-state index is 13.2. The Morgan fingerprint density at radius 1 is 1.24 bits per heavy atom. The van der Waals surface area contributed by atoms with E-state index in [9.17, 15) is 4.39 Å². The number of benzene rings is 1. The van der Waals surface area contributed by atoms with Crippen LogP contribution in [-0.4, -0.2) is 62.8 Å². The number of rotatable bonds is 7. The van der Waals surface area contributed by atoms with Crippen LogP contribution < -0.4 is 10.6 Å². The van der Waals surface area contributed by atoms with Gasteiger partial charge in [0.1, 0.15) is 5.82 Å². The number of guanidine groups is 1. The summed E-state index contributed by atoms with van der Waals surface area (Å²) in [6.07, 6.45) is 2.45. The van der Waals surface area contributed by atoms with Crippen molar-refractivity contribution in [3.63, 3.8) is 0 Å². The third kappa shape index (κ3) is 7.40. The Labute approximate surface area is 150 Å². The molecule has 2 unspecified atom stereocenters. The highest BCUT2D eigenvalue weighted by atomic mass is 19.1. The average molecular weight is 350 g/mol.